The van der Waals surface area contributed by atoms with Gasteiger partial charge in [-0.2, -0.15) is 0 Å². The van der Waals surface area contributed by atoms with E-state index in [1.165, 1.54) is 6.92 Å². The van der Waals surface area contributed by atoms with Gasteiger partial charge in [-0.25, -0.2) is 4.79 Å². The Hall–Kier alpha value is -0.620. The van der Waals surface area contributed by atoms with Crippen LogP contribution in [0, 0.1) is 11.8 Å². The van der Waals surface area contributed by atoms with Crippen molar-refractivity contribution in [3.8, 4) is 0 Å². The average Bonchev–Trinajstić information content (AvgIpc) is 2.72. The highest BCUT2D eigenvalue weighted by atomic mass is 35.5. The third-order valence-corrected chi connectivity index (χ3v) is 5.37. The second kappa shape index (κ2) is 6.24. The number of hydrogen-bond acceptors (Lipinski definition) is 4. The molecule has 0 amide bonds. The van der Waals surface area contributed by atoms with Crippen LogP contribution in [-0.4, -0.2) is 51.0 Å². The van der Waals surface area contributed by atoms with Gasteiger partial charge in [0.2, 0.25) is 0 Å². The van der Waals surface area contributed by atoms with Crippen LogP contribution >= 0.6 is 11.6 Å². The van der Waals surface area contributed by atoms with Gasteiger partial charge < -0.3 is 15.3 Å². The van der Waals surface area contributed by atoms with Gasteiger partial charge in [0.15, 0.2) is 5.54 Å². The molecule has 21 heavy (non-hydrogen) atoms. The van der Waals surface area contributed by atoms with Gasteiger partial charge in [-0.05, 0) is 32.6 Å². The highest BCUT2D eigenvalue weighted by molar-refractivity contribution is 6.17. The molecule has 1 fully saturated rings. The van der Waals surface area contributed by atoms with Crippen LogP contribution in [0.2, 0.25) is 0 Å². The predicted octanol–water partition coefficient (Wildman–Crippen LogP) is 1.13. The molecule has 4 N–H and O–H groups in total. The molecule has 0 radical (unpaired) electrons. The van der Waals surface area contributed by atoms with E-state index in [4.69, 9.17) is 11.6 Å². The van der Waals surface area contributed by atoms with Crippen molar-refractivity contribution < 1.29 is 20.1 Å². The maximum Gasteiger partial charge on any atom is 0.329 e. The lowest BCUT2D eigenvalue weighted by Crippen LogP contribution is -2.70. The van der Waals surface area contributed by atoms with Crippen molar-refractivity contribution in [1.29, 1.82) is 0 Å². The zero-order valence-electron chi connectivity index (χ0n) is 12.3. The minimum atomic E-state index is -1.75. The Balaban J connectivity index is 2.35. The first-order chi connectivity index (χ1) is 9.88. The van der Waals surface area contributed by atoms with Crippen LogP contribution in [0.15, 0.2) is 12.2 Å². The minimum absolute atomic E-state index is 0.261. The number of carbonyl (C=O) groups is 1. The summed E-state index contributed by atoms with van der Waals surface area (Å²) in [4.78, 5) is 11.9. The standard InChI is InChI=1S/C15H24ClNO4/c1-14(21)11(7-8-16)9-17-15(14,13(19)20)12(18)10-5-3-2-4-6-10/h3,5,10-12,17-18,21H,2,4,6-9H2,1H3,(H,19,20)/t10-,11+,12+,14+,15+/m1/s1. The Bertz CT molecular complexity index is 426. The number of carboxylic acids is 1. The molecular formula is C15H24ClNO4. The normalized spacial score (nSPS) is 41.1. The van der Waals surface area contributed by atoms with Gasteiger partial charge >= 0.3 is 5.97 Å². The van der Waals surface area contributed by atoms with E-state index in [2.05, 4.69) is 5.32 Å². The molecule has 0 aromatic carbocycles. The molecular weight excluding hydrogens is 294 g/mol. The number of nitrogens with one attached hydrogen (secondary N) is 1. The second-order valence-corrected chi connectivity index (χ2v) is 6.66. The summed E-state index contributed by atoms with van der Waals surface area (Å²) in [6.07, 6.45) is 5.75. The second-order valence-electron chi connectivity index (χ2n) is 6.28. The van der Waals surface area contributed by atoms with E-state index in [0.29, 0.717) is 18.8 Å². The Labute approximate surface area is 130 Å². The summed E-state index contributed by atoms with van der Waals surface area (Å²) in [5.74, 6) is -1.43. The molecule has 0 aromatic heterocycles. The zero-order chi connectivity index (χ0) is 15.7. The molecule has 5 nitrogen and oxygen atoms in total. The third kappa shape index (κ3) is 2.61. The summed E-state index contributed by atoms with van der Waals surface area (Å²) in [6.45, 7) is 1.83. The smallest absolute Gasteiger partial charge is 0.329 e. The fraction of sp³-hybridized carbons (Fsp3) is 0.800. The molecule has 5 atom stereocenters. The van der Waals surface area contributed by atoms with E-state index < -0.39 is 23.2 Å². The molecule has 1 saturated heterocycles. The molecule has 1 aliphatic heterocycles. The number of hydrogen-bond donors (Lipinski definition) is 4. The molecule has 0 unspecified atom stereocenters. The van der Waals surface area contributed by atoms with E-state index in [1.54, 1.807) is 0 Å². The number of rotatable bonds is 5. The van der Waals surface area contributed by atoms with Gasteiger partial charge in [-0.15, -0.1) is 11.6 Å². The Morgan fingerprint density at radius 2 is 2.29 bits per heavy atom. The predicted molar refractivity (Wildman–Crippen MR) is 80.3 cm³/mol. The minimum Gasteiger partial charge on any atom is -0.480 e. The highest BCUT2D eigenvalue weighted by Crippen LogP contribution is 2.43. The molecule has 1 heterocycles. The summed E-state index contributed by atoms with van der Waals surface area (Å²) < 4.78 is 0. The van der Waals surface area contributed by atoms with E-state index in [9.17, 15) is 20.1 Å². The molecule has 0 aromatic rings. The monoisotopic (exact) mass is 317 g/mol. The van der Waals surface area contributed by atoms with Crippen LogP contribution in [0.3, 0.4) is 0 Å². The number of carboxylic acid groups (broad SMARTS) is 1. The fourth-order valence-electron chi connectivity index (χ4n) is 3.74. The number of aliphatic carboxylic acids is 1. The molecule has 1 aliphatic carbocycles. The lowest BCUT2D eigenvalue weighted by Gasteiger charge is -2.44. The summed E-state index contributed by atoms with van der Waals surface area (Å²) in [5.41, 5.74) is -3.31. The van der Waals surface area contributed by atoms with Gasteiger partial charge in [-0.3, -0.25) is 5.32 Å². The van der Waals surface area contributed by atoms with Crippen molar-refractivity contribution in [3.05, 3.63) is 12.2 Å². The molecule has 120 valence electrons. The molecule has 0 spiro atoms. The lowest BCUT2D eigenvalue weighted by molar-refractivity contribution is -0.170. The maximum atomic E-state index is 11.9. The topological polar surface area (TPSA) is 89.8 Å². The largest absolute Gasteiger partial charge is 0.480 e. The fourth-order valence-corrected chi connectivity index (χ4v) is 4.01. The molecule has 0 saturated carbocycles. The molecule has 2 aliphatic rings. The first-order valence-electron chi connectivity index (χ1n) is 7.49. The van der Waals surface area contributed by atoms with Crippen LogP contribution in [0.1, 0.15) is 32.6 Å². The van der Waals surface area contributed by atoms with Crippen molar-refractivity contribution in [1.82, 2.24) is 5.32 Å². The summed E-state index contributed by atoms with van der Waals surface area (Å²) in [7, 11) is 0. The molecule has 6 heteroatoms. The van der Waals surface area contributed by atoms with Gasteiger partial charge in [0.05, 0.1) is 11.7 Å². The number of allylic oxidation sites excluding steroid dienone is 1. The SMILES string of the molecule is C[C@]1(O)[C@@H](CCCl)CN[C@]1(C(=O)O)[C@@H](O)[C@@H]1C=CCCC1. The summed E-state index contributed by atoms with van der Waals surface area (Å²) in [6, 6.07) is 0. The number of aliphatic hydroxyl groups is 2. The lowest BCUT2D eigenvalue weighted by atomic mass is 9.68. The Morgan fingerprint density at radius 1 is 1.57 bits per heavy atom. The first kappa shape index (κ1) is 16.7. The van der Waals surface area contributed by atoms with Gasteiger partial charge in [-0.1, -0.05) is 12.2 Å². The van der Waals surface area contributed by atoms with E-state index in [-0.39, 0.29) is 11.8 Å². The molecule has 0 bridgehead atoms. The van der Waals surface area contributed by atoms with Crippen LogP contribution in [0.5, 0.6) is 0 Å². The van der Waals surface area contributed by atoms with Crippen LogP contribution in [0.25, 0.3) is 0 Å². The van der Waals surface area contributed by atoms with Crippen molar-refractivity contribution in [2.75, 3.05) is 12.4 Å². The van der Waals surface area contributed by atoms with Crippen LogP contribution < -0.4 is 5.32 Å². The van der Waals surface area contributed by atoms with Crippen molar-refractivity contribution in [2.24, 2.45) is 11.8 Å². The summed E-state index contributed by atoms with van der Waals surface area (Å²) >= 11 is 5.75. The Kier molecular flexibility index (Phi) is 4.98. The van der Waals surface area contributed by atoms with Crippen LogP contribution in [0.4, 0.5) is 0 Å². The van der Waals surface area contributed by atoms with E-state index in [1.807, 2.05) is 12.2 Å². The van der Waals surface area contributed by atoms with Crippen LogP contribution in [-0.2, 0) is 4.79 Å². The van der Waals surface area contributed by atoms with E-state index in [0.717, 1.165) is 19.3 Å². The number of halogens is 1. The quantitative estimate of drug-likeness (QED) is 0.451. The highest BCUT2D eigenvalue weighted by Gasteiger charge is 2.65. The zero-order valence-corrected chi connectivity index (χ0v) is 13.0. The number of alkyl halides is 1. The summed E-state index contributed by atoms with van der Waals surface area (Å²) in [5, 5.41) is 34.3. The van der Waals surface area contributed by atoms with Crippen molar-refractivity contribution in [3.63, 3.8) is 0 Å². The Morgan fingerprint density at radius 3 is 2.81 bits per heavy atom. The van der Waals surface area contributed by atoms with E-state index >= 15 is 0 Å². The first-order valence-corrected chi connectivity index (χ1v) is 8.03. The van der Waals surface area contributed by atoms with Crippen molar-refractivity contribution >= 4 is 17.6 Å². The maximum absolute atomic E-state index is 11.9. The van der Waals surface area contributed by atoms with Crippen molar-refractivity contribution in [2.45, 2.75) is 49.9 Å². The van der Waals surface area contributed by atoms with Gasteiger partial charge in [0.25, 0.3) is 0 Å². The van der Waals surface area contributed by atoms with Gasteiger partial charge in [0, 0.05) is 24.3 Å². The third-order valence-electron chi connectivity index (χ3n) is 5.16. The average molecular weight is 318 g/mol. The molecule has 2 rings (SSSR count). The van der Waals surface area contributed by atoms with Gasteiger partial charge in [0.1, 0.15) is 0 Å². The number of aliphatic hydroxyl groups excluding tert-OH is 1.